The summed E-state index contributed by atoms with van der Waals surface area (Å²) in [5.41, 5.74) is 5.78. The van der Waals surface area contributed by atoms with Gasteiger partial charge in [0.25, 0.3) is 5.91 Å². The summed E-state index contributed by atoms with van der Waals surface area (Å²) in [6.07, 6.45) is 3.76. The van der Waals surface area contributed by atoms with Crippen LogP contribution in [0.3, 0.4) is 0 Å². The molecule has 0 N–H and O–H groups in total. The molecule has 1 amide bonds. The molecule has 1 aromatic carbocycles. The smallest absolute Gasteiger partial charge is 0.255 e. The number of aryl methyl sites for hydroxylation is 2. The summed E-state index contributed by atoms with van der Waals surface area (Å²) in [7, 11) is 1.97. The van der Waals surface area contributed by atoms with E-state index in [2.05, 4.69) is 30.2 Å². The van der Waals surface area contributed by atoms with Gasteiger partial charge < -0.3 is 9.47 Å². The van der Waals surface area contributed by atoms with Crippen LogP contribution in [-0.2, 0) is 7.05 Å². The Labute approximate surface area is 152 Å². The fourth-order valence-corrected chi connectivity index (χ4v) is 3.68. The SMILES string of the molecule is Cc1ccccc1-c1cn(C)c2cc(C(=O)N3CCC(F)CC3)cnc12. The van der Waals surface area contributed by atoms with Crippen molar-refractivity contribution in [2.75, 3.05) is 13.1 Å². The number of hydrogen-bond acceptors (Lipinski definition) is 2. The average Bonchev–Trinajstić information content (AvgIpc) is 2.98. The van der Waals surface area contributed by atoms with Crippen molar-refractivity contribution >= 4 is 16.9 Å². The third kappa shape index (κ3) is 2.87. The number of carbonyl (C=O) groups excluding carboxylic acids is 1. The van der Waals surface area contributed by atoms with Gasteiger partial charge in [-0.05, 0) is 37.0 Å². The number of pyridine rings is 1. The van der Waals surface area contributed by atoms with Gasteiger partial charge in [0.05, 0.1) is 16.6 Å². The van der Waals surface area contributed by atoms with E-state index in [-0.39, 0.29) is 5.91 Å². The second-order valence-electron chi connectivity index (χ2n) is 7.03. The van der Waals surface area contributed by atoms with Gasteiger partial charge in [-0.3, -0.25) is 9.78 Å². The number of amides is 1. The van der Waals surface area contributed by atoms with Crippen molar-refractivity contribution < 1.29 is 9.18 Å². The minimum Gasteiger partial charge on any atom is -0.349 e. The van der Waals surface area contributed by atoms with Crippen LogP contribution < -0.4 is 0 Å². The minimum absolute atomic E-state index is 0.0649. The molecule has 4 nitrogen and oxygen atoms in total. The van der Waals surface area contributed by atoms with Crippen molar-refractivity contribution in [2.45, 2.75) is 25.9 Å². The number of carbonyl (C=O) groups is 1. The number of halogens is 1. The Hall–Kier alpha value is -2.69. The number of aromatic nitrogens is 2. The lowest BCUT2D eigenvalue weighted by molar-refractivity contribution is 0.0666. The first-order valence-corrected chi connectivity index (χ1v) is 8.99. The van der Waals surface area contributed by atoms with Crippen molar-refractivity contribution in [1.82, 2.24) is 14.5 Å². The fourth-order valence-electron chi connectivity index (χ4n) is 3.68. The normalized spacial score (nSPS) is 15.6. The van der Waals surface area contributed by atoms with Crippen molar-refractivity contribution in [3.8, 4) is 11.1 Å². The summed E-state index contributed by atoms with van der Waals surface area (Å²) < 4.78 is 15.3. The maximum absolute atomic E-state index is 13.3. The highest BCUT2D eigenvalue weighted by atomic mass is 19.1. The molecule has 5 heteroatoms. The van der Waals surface area contributed by atoms with Crippen LogP contribution in [0.4, 0.5) is 4.39 Å². The zero-order chi connectivity index (χ0) is 18.3. The van der Waals surface area contributed by atoms with Crippen molar-refractivity contribution in [1.29, 1.82) is 0 Å². The minimum atomic E-state index is -0.788. The molecule has 1 fully saturated rings. The quantitative estimate of drug-likeness (QED) is 0.696. The second kappa shape index (κ2) is 6.56. The number of nitrogens with zero attached hydrogens (tertiary/aromatic N) is 3. The van der Waals surface area contributed by atoms with Crippen LogP contribution in [0.5, 0.6) is 0 Å². The van der Waals surface area contributed by atoms with Crippen molar-refractivity contribution in [3.63, 3.8) is 0 Å². The van der Waals surface area contributed by atoms with Gasteiger partial charge >= 0.3 is 0 Å². The number of rotatable bonds is 2. The van der Waals surface area contributed by atoms with E-state index < -0.39 is 6.17 Å². The molecular formula is C21H22FN3O. The maximum Gasteiger partial charge on any atom is 0.255 e. The van der Waals surface area contributed by atoms with Gasteiger partial charge in [0, 0.05) is 38.1 Å². The van der Waals surface area contributed by atoms with Gasteiger partial charge in [0.15, 0.2) is 0 Å². The van der Waals surface area contributed by atoms with Gasteiger partial charge in [0.2, 0.25) is 0 Å². The molecule has 2 aromatic heterocycles. The van der Waals surface area contributed by atoms with Crippen LogP contribution in [0, 0.1) is 6.92 Å². The van der Waals surface area contributed by atoms with Crippen LogP contribution in [0.25, 0.3) is 22.2 Å². The van der Waals surface area contributed by atoms with Gasteiger partial charge in [-0.25, -0.2) is 4.39 Å². The molecule has 3 heterocycles. The number of likely N-dealkylation sites (tertiary alicyclic amines) is 1. The molecule has 0 spiro atoms. The van der Waals surface area contributed by atoms with E-state index >= 15 is 0 Å². The van der Waals surface area contributed by atoms with E-state index in [0.717, 1.165) is 22.2 Å². The van der Waals surface area contributed by atoms with Crippen LogP contribution >= 0.6 is 0 Å². The van der Waals surface area contributed by atoms with Gasteiger partial charge in [-0.2, -0.15) is 0 Å². The first-order chi connectivity index (χ1) is 12.5. The summed E-state index contributed by atoms with van der Waals surface area (Å²) >= 11 is 0. The second-order valence-corrected chi connectivity index (χ2v) is 7.03. The predicted octanol–water partition coefficient (Wildman–Crippen LogP) is 4.12. The third-order valence-corrected chi connectivity index (χ3v) is 5.22. The van der Waals surface area contributed by atoms with E-state index in [1.807, 2.05) is 29.8 Å². The Kier molecular flexibility index (Phi) is 4.23. The standard InChI is InChI=1S/C21H22FN3O/c1-14-5-3-4-6-17(14)18-13-24(2)19-11-15(12-23-20(18)19)21(26)25-9-7-16(22)8-10-25/h3-6,11-13,16H,7-10H2,1-2H3. The first kappa shape index (κ1) is 16.8. The lowest BCUT2D eigenvalue weighted by atomic mass is 10.0. The zero-order valence-corrected chi connectivity index (χ0v) is 15.1. The van der Waals surface area contributed by atoms with E-state index in [9.17, 15) is 9.18 Å². The number of benzene rings is 1. The molecule has 3 aromatic rings. The molecule has 4 rings (SSSR count). The van der Waals surface area contributed by atoms with Crippen LogP contribution in [0.1, 0.15) is 28.8 Å². The molecule has 0 radical (unpaired) electrons. The number of alkyl halides is 1. The predicted molar refractivity (Wildman–Crippen MR) is 101 cm³/mol. The maximum atomic E-state index is 13.3. The molecule has 0 saturated carbocycles. The highest BCUT2D eigenvalue weighted by Gasteiger charge is 2.24. The highest BCUT2D eigenvalue weighted by Crippen LogP contribution is 2.31. The third-order valence-electron chi connectivity index (χ3n) is 5.22. The molecule has 1 aliphatic heterocycles. The topological polar surface area (TPSA) is 38.1 Å². The van der Waals surface area contributed by atoms with Crippen LogP contribution in [0.15, 0.2) is 42.7 Å². The lowest BCUT2D eigenvalue weighted by Crippen LogP contribution is -2.39. The summed E-state index contributed by atoms with van der Waals surface area (Å²) in [5.74, 6) is -0.0649. The Morgan fingerprint density at radius 2 is 1.92 bits per heavy atom. The number of piperidine rings is 1. The molecule has 26 heavy (non-hydrogen) atoms. The largest absolute Gasteiger partial charge is 0.349 e. The Balaban J connectivity index is 1.72. The lowest BCUT2D eigenvalue weighted by Gasteiger charge is -2.28. The highest BCUT2D eigenvalue weighted by molar-refractivity contribution is 6.00. The van der Waals surface area contributed by atoms with Gasteiger partial charge in [-0.1, -0.05) is 24.3 Å². The molecule has 0 aliphatic carbocycles. The molecule has 1 saturated heterocycles. The molecular weight excluding hydrogens is 329 g/mol. The Bertz CT molecular complexity index is 971. The molecule has 134 valence electrons. The number of fused-ring (bicyclic) bond motifs is 1. The van der Waals surface area contributed by atoms with Crippen molar-refractivity contribution in [3.05, 3.63) is 53.9 Å². The number of hydrogen-bond donors (Lipinski definition) is 0. The molecule has 0 unspecified atom stereocenters. The molecule has 1 aliphatic rings. The monoisotopic (exact) mass is 351 g/mol. The fraction of sp³-hybridized carbons (Fsp3) is 0.333. The summed E-state index contributed by atoms with van der Waals surface area (Å²) in [5, 5.41) is 0. The van der Waals surface area contributed by atoms with Crippen LogP contribution in [-0.4, -0.2) is 39.6 Å². The molecule has 0 atom stereocenters. The van der Waals surface area contributed by atoms with Gasteiger partial charge in [-0.15, -0.1) is 0 Å². The zero-order valence-electron chi connectivity index (χ0n) is 15.1. The van der Waals surface area contributed by atoms with Crippen molar-refractivity contribution in [2.24, 2.45) is 7.05 Å². The summed E-state index contributed by atoms with van der Waals surface area (Å²) in [6, 6.07) is 10.1. The van der Waals surface area contributed by atoms with E-state index in [1.165, 1.54) is 5.56 Å². The van der Waals surface area contributed by atoms with Gasteiger partial charge in [0.1, 0.15) is 6.17 Å². The Morgan fingerprint density at radius 1 is 1.19 bits per heavy atom. The Morgan fingerprint density at radius 3 is 2.65 bits per heavy atom. The molecule has 0 bridgehead atoms. The first-order valence-electron chi connectivity index (χ1n) is 8.99. The van der Waals surface area contributed by atoms with E-state index in [4.69, 9.17) is 0 Å². The average molecular weight is 351 g/mol. The van der Waals surface area contributed by atoms with E-state index in [0.29, 0.717) is 31.5 Å². The summed E-state index contributed by atoms with van der Waals surface area (Å²) in [4.78, 5) is 19.1. The summed E-state index contributed by atoms with van der Waals surface area (Å²) in [6.45, 7) is 3.03. The van der Waals surface area contributed by atoms with Crippen LogP contribution in [0.2, 0.25) is 0 Å². The van der Waals surface area contributed by atoms with E-state index in [1.54, 1.807) is 11.1 Å².